The van der Waals surface area contributed by atoms with Gasteiger partial charge in [-0.15, -0.1) is 0 Å². The number of amides is 3. The molecular weight excluding hydrogens is 997 g/mol. The van der Waals surface area contributed by atoms with Crippen LogP contribution in [0.15, 0.2) is 73.8 Å². The van der Waals surface area contributed by atoms with E-state index in [9.17, 15) is 19.6 Å². The number of likely N-dealkylation sites (N-methyl/N-ethyl adjacent to an activating group) is 2. The number of aryl methyl sites for hydroxylation is 2. The van der Waals surface area contributed by atoms with Crippen LogP contribution in [0.2, 0.25) is 0 Å². The molecule has 2 N–H and O–H groups in total. The quantitative estimate of drug-likeness (QED) is 0.163. The summed E-state index contributed by atoms with van der Waals surface area (Å²) >= 11 is 0. The van der Waals surface area contributed by atoms with Crippen LogP contribution in [-0.2, 0) is 53.4 Å². The zero-order valence-electron chi connectivity index (χ0n) is 44.6. The van der Waals surface area contributed by atoms with E-state index >= 15 is 0 Å². The number of hydrogen-bond acceptors (Lipinski definition) is 16. The van der Waals surface area contributed by atoms with Crippen molar-refractivity contribution in [2.75, 3.05) is 89.5 Å². The number of benzene rings is 2. The number of ether oxygens (including phenoxy) is 2. The van der Waals surface area contributed by atoms with Crippen molar-refractivity contribution in [3.63, 3.8) is 0 Å². The maximum absolute atomic E-state index is 12.4. The second-order valence-corrected chi connectivity index (χ2v) is 21.9. The van der Waals surface area contributed by atoms with E-state index in [1.165, 1.54) is 52.1 Å². The van der Waals surface area contributed by atoms with E-state index in [1.54, 1.807) is 4.90 Å². The number of aromatic nitrogens is 4. The van der Waals surface area contributed by atoms with Crippen LogP contribution in [-0.4, -0.2) is 171 Å². The number of nitriles is 1. The Balaban J connectivity index is 0.000000187. The molecule has 4 saturated heterocycles. The van der Waals surface area contributed by atoms with Gasteiger partial charge in [-0.3, -0.25) is 24.2 Å². The second-order valence-electron chi connectivity index (χ2n) is 21.9. The lowest BCUT2D eigenvalue weighted by Crippen LogP contribution is -2.60. The number of carbonyl (C=O) groups is 3. The first kappa shape index (κ1) is 56.7. The molecule has 79 heavy (non-hydrogen) atoms. The predicted molar refractivity (Wildman–Crippen MR) is 304 cm³/mol. The van der Waals surface area contributed by atoms with Gasteiger partial charge in [-0.05, 0) is 113 Å². The van der Waals surface area contributed by atoms with Gasteiger partial charge in [0.15, 0.2) is 0 Å². The minimum absolute atomic E-state index is 0. The lowest BCUT2D eigenvalue weighted by atomic mass is 10.1. The van der Waals surface area contributed by atoms with Crippen molar-refractivity contribution in [2.24, 2.45) is 5.73 Å². The Bertz CT molecular complexity index is 2950. The molecule has 2 unspecified atom stereocenters. The minimum atomic E-state index is -0.759. The molecule has 19 heteroatoms. The third-order valence-electron chi connectivity index (χ3n) is 17.5. The summed E-state index contributed by atoms with van der Waals surface area (Å²) < 4.78 is 12.4. The number of nitrogens with zero attached hydrogens (tertiary/aromatic N) is 13. The average Bonchev–Trinajstić information content (AvgIpc) is 4.51. The summed E-state index contributed by atoms with van der Waals surface area (Å²) in [6.07, 6.45) is 11.4. The summed E-state index contributed by atoms with van der Waals surface area (Å²) in [5.74, 6) is 0.581. The van der Waals surface area contributed by atoms with Crippen LogP contribution in [0.3, 0.4) is 0 Å². The van der Waals surface area contributed by atoms with Crippen molar-refractivity contribution < 1.29 is 23.9 Å². The molecule has 0 spiro atoms. The SMILES string of the molecule is C.C.C=CC(=O)N1CCN(c2nc(OC[C@@H]3CCCN3C)nc3c2CN(C2CCc4ccccc42)C3)C[C@@H]1C#N.C=CC(=O)N1CCN(c2nc(OC[C@@H]3CCCN3C)nc3c2CN(C2CCc4ccccc42)C3)C[C@@H]1C(N)=O. The summed E-state index contributed by atoms with van der Waals surface area (Å²) in [4.78, 5) is 73.7. The average molecular weight is 1080 g/mol. The molecule has 0 saturated carbocycles. The highest BCUT2D eigenvalue weighted by Gasteiger charge is 2.41. The molecule has 2 aromatic heterocycles. The van der Waals surface area contributed by atoms with E-state index in [1.807, 2.05) is 0 Å². The van der Waals surface area contributed by atoms with E-state index in [2.05, 4.69) is 111 Å². The Labute approximate surface area is 466 Å². The van der Waals surface area contributed by atoms with Crippen molar-refractivity contribution in [2.45, 2.75) is 129 Å². The van der Waals surface area contributed by atoms with Gasteiger partial charge in [-0.25, -0.2) is 0 Å². The highest BCUT2D eigenvalue weighted by molar-refractivity contribution is 5.93. The molecule has 6 aliphatic heterocycles. The number of hydrogen-bond donors (Lipinski definition) is 1. The van der Waals surface area contributed by atoms with Gasteiger partial charge in [-0.2, -0.15) is 25.2 Å². The third-order valence-corrected chi connectivity index (χ3v) is 17.5. The molecule has 6 atom stereocenters. The van der Waals surface area contributed by atoms with Crippen molar-refractivity contribution in [1.82, 2.24) is 49.3 Å². The molecule has 3 amide bonds. The molecule has 4 fully saturated rings. The molecule has 2 aliphatic carbocycles. The molecule has 4 aromatic rings. The Morgan fingerprint density at radius 2 is 1.11 bits per heavy atom. The molecule has 8 heterocycles. The van der Waals surface area contributed by atoms with E-state index in [4.69, 9.17) is 35.1 Å². The smallest absolute Gasteiger partial charge is 0.318 e. The first-order valence-electron chi connectivity index (χ1n) is 27.6. The van der Waals surface area contributed by atoms with Crippen LogP contribution < -0.4 is 25.0 Å². The van der Waals surface area contributed by atoms with Gasteiger partial charge in [0.05, 0.1) is 24.0 Å². The normalized spacial score (nSPS) is 24.5. The van der Waals surface area contributed by atoms with Gasteiger partial charge in [0.2, 0.25) is 17.7 Å². The number of likely N-dealkylation sites (tertiary alicyclic amines) is 2. The fourth-order valence-corrected chi connectivity index (χ4v) is 13.2. The minimum Gasteiger partial charge on any atom is -0.462 e. The number of nitrogens with two attached hydrogens (primary N) is 1. The highest BCUT2D eigenvalue weighted by Crippen LogP contribution is 2.44. The molecule has 420 valence electrons. The number of primary amides is 1. The molecule has 2 aromatic carbocycles. The van der Waals surface area contributed by atoms with E-state index < -0.39 is 18.0 Å². The Morgan fingerprint density at radius 3 is 1.57 bits per heavy atom. The lowest BCUT2D eigenvalue weighted by molar-refractivity contribution is -0.136. The molecule has 8 aliphatic rings. The fourth-order valence-electron chi connectivity index (χ4n) is 13.2. The first-order valence-corrected chi connectivity index (χ1v) is 27.6. The standard InChI is InChI=1S/C29H37N7O3.C29H35N7O2.2CH4/c1-3-26(37)36-14-13-34(17-25(36)27(30)38)28-22-15-35(24-11-10-19-7-4-5-9-21(19)24)16-23(22)31-29(32-28)39-18-20-8-6-12-33(20)2;1-3-27(37)36-14-13-34(16-22(36)15-30)28-24-17-35(26-11-10-20-7-4-5-9-23(20)26)18-25(24)31-29(32-28)38-19-21-8-6-12-33(21)2;;/h3-5,7,9,20,24-25H,1,6,8,10-18H2,2H3,(H2,30,38);3-5,7,9,21-22,26H,1,6,8,10-14,16-19H2,2H3;2*1H4/t20-,24?,25+;21-,22-,26?;;/m00../s1. The van der Waals surface area contributed by atoms with Gasteiger partial charge in [0.1, 0.15) is 36.9 Å². The van der Waals surface area contributed by atoms with Crippen LogP contribution in [0, 0.1) is 11.3 Å². The van der Waals surface area contributed by atoms with Crippen molar-refractivity contribution in [3.8, 4) is 18.1 Å². The van der Waals surface area contributed by atoms with Crippen LogP contribution in [0.25, 0.3) is 0 Å². The van der Waals surface area contributed by atoms with Gasteiger partial charge < -0.3 is 44.6 Å². The molecule has 12 rings (SSSR count). The molecule has 0 radical (unpaired) electrons. The number of carbonyl (C=O) groups excluding carboxylic acids is 3. The summed E-state index contributed by atoms with van der Waals surface area (Å²) in [5, 5.41) is 9.85. The Hall–Kier alpha value is -6.98. The van der Waals surface area contributed by atoms with E-state index in [0.29, 0.717) is 82.1 Å². The maximum Gasteiger partial charge on any atom is 0.318 e. The maximum atomic E-state index is 12.4. The summed E-state index contributed by atoms with van der Waals surface area (Å²) in [7, 11) is 4.26. The third kappa shape index (κ3) is 11.6. The first-order chi connectivity index (χ1) is 37.5. The fraction of sp³-hybridized carbons (Fsp3) is 0.533. The molecule has 0 bridgehead atoms. The summed E-state index contributed by atoms with van der Waals surface area (Å²) in [6.45, 7) is 16.0. The number of piperazine rings is 2. The molecular formula is C60H80N14O5. The number of rotatable bonds is 13. The van der Waals surface area contributed by atoms with Crippen LogP contribution >= 0.6 is 0 Å². The zero-order valence-corrected chi connectivity index (χ0v) is 44.6. The predicted octanol–water partition coefficient (Wildman–Crippen LogP) is 5.59. The monoisotopic (exact) mass is 1080 g/mol. The van der Waals surface area contributed by atoms with Gasteiger partial charge in [0, 0.05) is 94.2 Å². The van der Waals surface area contributed by atoms with Crippen LogP contribution in [0.4, 0.5) is 11.6 Å². The van der Waals surface area contributed by atoms with E-state index in [-0.39, 0.29) is 33.2 Å². The van der Waals surface area contributed by atoms with Crippen molar-refractivity contribution >= 4 is 29.4 Å². The lowest BCUT2D eigenvalue weighted by Gasteiger charge is -2.40. The summed E-state index contributed by atoms with van der Waals surface area (Å²) in [6, 6.07) is 20.6. The van der Waals surface area contributed by atoms with Crippen molar-refractivity contribution in [3.05, 3.63) is 119 Å². The highest BCUT2D eigenvalue weighted by atomic mass is 16.5. The van der Waals surface area contributed by atoms with Crippen LogP contribution in [0.5, 0.6) is 12.0 Å². The van der Waals surface area contributed by atoms with Crippen molar-refractivity contribution in [1.29, 1.82) is 5.26 Å². The number of fused-ring (bicyclic) bond motifs is 4. The van der Waals surface area contributed by atoms with Gasteiger partial charge >= 0.3 is 12.0 Å². The van der Waals surface area contributed by atoms with Crippen LogP contribution in [0.1, 0.15) is 110 Å². The topological polar surface area (TPSA) is 197 Å². The largest absolute Gasteiger partial charge is 0.462 e. The summed E-state index contributed by atoms with van der Waals surface area (Å²) in [5.41, 5.74) is 15.6. The zero-order chi connectivity index (χ0) is 53.3. The van der Waals surface area contributed by atoms with Gasteiger partial charge in [0.25, 0.3) is 0 Å². The van der Waals surface area contributed by atoms with Gasteiger partial charge in [-0.1, -0.05) is 76.5 Å². The molecule has 19 nitrogen and oxygen atoms in total. The Kier molecular flexibility index (Phi) is 17.7. The number of anilines is 2. The van der Waals surface area contributed by atoms with E-state index in [0.717, 1.165) is 112 Å². The second kappa shape index (κ2) is 24.6. The Morgan fingerprint density at radius 1 is 0.646 bits per heavy atom.